The van der Waals surface area contributed by atoms with Gasteiger partial charge in [-0.1, -0.05) is 24.3 Å². The lowest BCUT2D eigenvalue weighted by molar-refractivity contribution is 0.259. The zero-order valence-corrected chi connectivity index (χ0v) is 14.6. The summed E-state index contributed by atoms with van der Waals surface area (Å²) in [5.74, 6) is 1.37. The van der Waals surface area contributed by atoms with E-state index in [0.29, 0.717) is 5.92 Å². The summed E-state index contributed by atoms with van der Waals surface area (Å²) < 4.78 is 2.10. The van der Waals surface area contributed by atoms with E-state index in [-0.39, 0.29) is 18.6 Å². The van der Waals surface area contributed by atoms with Crippen molar-refractivity contribution in [3.8, 4) is 0 Å². The van der Waals surface area contributed by atoms with Crippen LogP contribution in [0, 0.1) is 0 Å². The Bertz CT molecular complexity index is 888. The van der Waals surface area contributed by atoms with Gasteiger partial charge in [-0.05, 0) is 31.4 Å². The number of aliphatic hydroxyl groups is 1. The first-order valence-electron chi connectivity index (χ1n) is 8.79. The number of nitrogens with zero attached hydrogens (tertiary/aromatic N) is 4. The number of hydrogen-bond donors (Lipinski definition) is 2. The molecular weight excluding hydrogens is 314 g/mol. The summed E-state index contributed by atoms with van der Waals surface area (Å²) in [6.07, 6.45) is 4.39. The maximum atomic E-state index is 9.70. The number of aromatic nitrogens is 4. The number of nitrogens with one attached hydrogen (secondary N) is 1. The second-order valence-corrected chi connectivity index (χ2v) is 7.03. The predicted octanol–water partition coefficient (Wildman–Crippen LogP) is 2.91. The summed E-state index contributed by atoms with van der Waals surface area (Å²) in [6.45, 7) is 5.16. The average Bonchev–Trinajstić information content (AvgIpc) is 3.18. The van der Waals surface area contributed by atoms with Gasteiger partial charge < -0.3 is 15.0 Å². The van der Waals surface area contributed by atoms with E-state index in [1.807, 2.05) is 12.4 Å². The van der Waals surface area contributed by atoms with Gasteiger partial charge in [-0.2, -0.15) is 0 Å². The molecule has 4 rings (SSSR count). The molecule has 0 spiro atoms. The summed E-state index contributed by atoms with van der Waals surface area (Å²) in [6, 6.07) is 8.72. The second kappa shape index (κ2) is 6.44. The maximum absolute atomic E-state index is 9.70. The number of fused-ring (bicyclic) bond motifs is 2. The molecule has 1 aromatic carbocycles. The van der Waals surface area contributed by atoms with Crippen molar-refractivity contribution in [3.05, 3.63) is 48.0 Å². The monoisotopic (exact) mass is 337 g/mol. The molecule has 2 N–H and O–H groups in total. The van der Waals surface area contributed by atoms with Gasteiger partial charge in [0, 0.05) is 31.0 Å². The Balaban J connectivity index is 1.66. The summed E-state index contributed by atoms with van der Waals surface area (Å²) in [4.78, 5) is 13.3. The van der Waals surface area contributed by atoms with E-state index in [4.69, 9.17) is 0 Å². The molecule has 6 heteroatoms. The molecule has 0 bridgehead atoms. The van der Waals surface area contributed by atoms with E-state index in [9.17, 15) is 5.11 Å². The lowest BCUT2D eigenvalue weighted by Crippen LogP contribution is -2.12. The minimum Gasteiger partial charge on any atom is -0.396 e. The van der Waals surface area contributed by atoms with Crippen LogP contribution in [-0.4, -0.2) is 37.3 Å². The van der Waals surface area contributed by atoms with Gasteiger partial charge >= 0.3 is 0 Å². The van der Waals surface area contributed by atoms with Gasteiger partial charge in [0.25, 0.3) is 0 Å². The summed E-state index contributed by atoms with van der Waals surface area (Å²) in [5, 5.41) is 13.0. The number of hydrogen-bond acceptors (Lipinski definition) is 5. The van der Waals surface area contributed by atoms with Gasteiger partial charge in [-0.25, -0.2) is 15.0 Å². The number of aliphatic hydroxyl groups excluding tert-OH is 1. The second-order valence-electron chi connectivity index (χ2n) is 7.03. The first kappa shape index (κ1) is 16.0. The van der Waals surface area contributed by atoms with Crippen molar-refractivity contribution in [1.82, 2.24) is 19.5 Å². The Labute approximate surface area is 147 Å². The minimum atomic E-state index is 0.197. The third kappa shape index (κ3) is 2.87. The molecule has 3 aromatic rings. The van der Waals surface area contributed by atoms with Gasteiger partial charge in [0.15, 0.2) is 11.5 Å². The minimum absolute atomic E-state index is 0.197. The van der Waals surface area contributed by atoms with Crippen molar-refractivity contribution in [3.63, 3.8) is 0 Å². The third-order valence-electron chi connectivity index (χ3n) is 4.91. The highest BCUT2D eigenvalue weighted by Crippen LogP contribution is 2.42. The molecule has 0 amide bonds. The SMILES string of the molecule is CC(C)Nc1ncnc2c1ncn2C[C@@H]1C[C@H](CO)c2ccccc21. The topological polar surface area (TPSA) is 75.9 Å². The summed E-state index contributed by atoms with van der Waals surface area (Å²) in [7, 11) is 0. The lowest BCUT2D eigenvalue weighted by atomic mass is 10.0. The van der Waals surface area contributed by atoms with Gasteiger partial charge in [0.1, 0.15) is 11.8 Å². The summed E-state index contributed by atoms with van der Waals surface area (Å²) >= 11 is 0. The van der Waals surface area contributed by atoms with E-state index < -0.39 is 0 Å². The smallest absolute Gasteiger partial charge is 0.165 e. The zero-order valence-electron chi connectivity index (χ0n) is 14.6. The largest absolute Gasteiger partial charge is 0.396 e. The van der Waals surface area contributed by atoms with Gasteiger partial charge in [0.2, 0.25) is 0 Å². The first-order valence-corrected chi connectivity index (χ1v) is 8.79. The van der Waals surface area contributed by atoms with Crippen LogP contribution >= 0.6 is 0 Å². The summed E-state index contributed by atoms with van der Waals surface area (Å²) in [5.41, 5.74) is 4.26. The molecule has 2 heterocycles. The highest BCUT2D eigenvalue weighted by atomic mass is 16.3. The zero-order chi connectivity index (χ0) is 17.4. The molecule has 0 fully saturated rings. The van der Waals surface area contributed by atoms with Gasteiger partial charge in [0.05, 0.1) is 6.33 Å². The van der Waals surface area contributed by atoms with Crippen LogP contribution in [0.15, 0.2) is 36.9 Å². The number of imidazole rings is 1. The first-order chi connectivity index (χ1) is 12.2. The fourth-order valence-corrected chi connectivity index (χ4v) is 3.83. The molecule has 0 unspecified atom stereocenters. The van der Waals surface area contributed by atoms with Crippen molar-refractivity contribution in [2.24, 2.45) is 0 Å². The molecule has 2 aromatic heterocycles. The van der Waals surface area contributed by atoms with Crippen molar-refractivity contribution in [1.29, 1.82) is 0 Å². The fraction of sp³-hybridized carbons (Fsp3) is 0.421. The highest BCUT2D eigenvalue weighted by Gasteiger charge is 2.30. The predicted molar refractivity (Wildman–Crippen MR) is 97.7 cm³/mol. The van der Waals surface area contributed by atoms with E-state index >= 15 is 0 Å². The van der Waals surface area contributed by atoms with E-state index in [2.05, 4.69) is 56.9 Å². The van der Waals surface area contributed by atoms with Gasteiger partial charge in [-0.3, -0.25) is 0 Å². The number of benzene rings is 1. The van der Waals surface area contributed by atoms with Gasteiger partial charge in [-0.15, -0.1) is 0 Å². The number of rotatable bonds is 5. The lowest BCUT2D eigenvalue weighted by Gasteiger charge is -2.13. The molecule has 25 heavy (non-hydrogen) atoms. The van der Waals surface area contributed by atoms with E-state index in [1.54, 1.807) is 6.33 Å². The average molecular weight is 337 g/mol. The number of anilines is 1. The molecule has 0 saturated heterocycles. The van der Waals surface area contributed by atoms with Crippen LogP contribution in [0.4, 0.5) is 5.82 Å². The standard InChI is InChI=1S/C19H23N5O/c1-12(2)23-18-17-19(21-10-20-18)24(11-22-17)8-13-7-14(9-25)16-6-4-3-5-15(13)16/h3-6,10-14,25H,7-9H2,1-2H3,(H,20,21,23)/t13-,14+/m0/s1. The normalized spacial score (nSPS) is 19.5. The Morgan fingerprint density at radius 3 is 2.64 bits per heavy atom. The van der Waals surface area contributed by atoms with Crippen LogP contribution in [0.5, 0.6) is 0 Å². The molecule has 1 aliphatic carbocycles. The maximum Gasteiger partial charge on any atom is 0.165 e. The van der Waals surface area contributed by atoms with Crippen LogP contribution in [0.25, 0.3) is 11.2 Å². The van der Waals surface area contributed by atoms with Crippen molar-refractivity contribution < 1.29 is 5.11 Å². The van der Waals surface area contributed by atoms with Crippen molar-refractivity contribution in [2.75, 3.05) is 11.9 Å². The molecular formula is C19H23N5O. The molecule has 0 saturated carbocycles. The Morgan fingerprint density at radius 2 is 1.92 bits per heavy atom. The molecule has 0 radical (unpaired) electrons. The van der Waals surface area contributed by atoms with Crippen LogP contribution < -0.4 is 5.32 Å². The quantitative estimate of drug-likeness (QED) is 0.749. The Kier molecular flexibility index (Phi) is 4.13. The van der Waals surface area contributed by atoms with Crippen LogP contribution in [0.3, 0.4) is 0 Å². The van der Waals surface area contributed by atoms with E-state index in [1.165, 1.54) is 11.1 Å². The van der Waals surface area contributed by atoms with Crippen LogP contribution in [-0.2, 0) is 6.54 Å². The van der Waals surface area contributed by atoms with Crippen LogP contribution in [0.1, 0.15) is 43.2 Å². The molecule has 2 atom stereocenters. The highest BCUT2D eigenvalue weighted by molar-refractivity contribution is 5.82. The Morgan fingerprint density at radius 1 is 1.16 bits per heavy atom. The molecule has 0 aliphatic heterocycles. The molecule has 6 nitrogen and oxygen atoms in total. The third-order valence-corrected chi connectivity index (χ3v) is 4.91. The fourth-order valence-electron chi connectivity index (χ4n) is 3.83. The Hall–Kier alpha value is -2.47. The van der Waals surface area contributed by atoms with Crippen molar-refractivity contribution >= 4 is 17.0 Å². The van der Waals surface area contributed by atoms with E-state index in [0.717, 1.165) is 29.9 Å². The molecule has 130 valence electrons. The van der Waals surface area contributed by atoms with Crippen molar-refractivity contribution in [2.45, 2.75) is 44.7 Å². The van der Waals surface area contributed by atoms with Crippen LogP contribution in [0.2, 0.25) is 0 Å². The molecule has 1 aliphatic rings.